The fraction of sp³-hybridized carbons (Fsp3) is 0.217. The van der Waals surface area contributed by atoms with Crippen LogP contribution in [-0.4, -0.2) is 30.4 Å². The summed E-state index contributed by atoms with van der Waals surface area (Å²) in [6.45, 7) is 2.16. The van der Waals surface area contributed by atoms with E-state index in [1.165, 1.54) is 0 Å². The molecule has 0 fully saturated rings. The molecule has 0 radical (unpaired) electrons. The first kappa shape index (κ1) is 19.2. The van der Waals surface area contributed by atoms with Gasteiger partial charge in [0, 0.05) is 12.0 Å². The highest BCUT2D eigenvalue weighted by Crippen LogP contribution is 2.40. The Hall–Kier alpha value is -3.12. The number of ether oxygens (including phenoxy) is 2. The van der Waals surface area contributed by atoms with Crippen molar-refractivity contribution in [2.45, 2.75) is 19.8 Å². The van der Waals surface area contributed by atoms with Crippen molar-refractivity contribution >= 4 is 38.6 Å². The number of nitrogens with zero attached hydrogens (tertiary/aromatic N) is 1. The molecule has 6 heteroatoms. The van der Waals surface area contributed by atoms with Crippen molar-refractivity contribution in [3.63, 3.8) is 0 Å². The number of fused-ring (bicyclic) bond motifs is 3. The molecule has 0 spiro atoms. The van der Waals surface area contributed by atoms with Gasteiger partial charge in [-0.25, -0.2) is 0 Å². The van der Waals surface area contributed by atoms with Gasteiger partial charge in [-0.2, -0.15) is 0 Å². The number of carbonyl (C=O) groups excluding carboxylic acids is 2. The van der Waals surface area contributed by atoms with Crippen LogP contribution in [0.15, 0.2) is 48.5 Å². The number of aldehydes is 1. The molecule has 4 rings (SSSR count). The van der Waals surface area contributed by atoms with Gasteiger partial charge < -0.3 is 9.47 Å². The summed E-state index contributed by atoms with van der Waals surface area (Å²) in [6.07, 6.45) is 1.67. The predicted molar refractivity (Wildman–Crippen MR) is 115 cm³/mol. The number of aromatic nitrogens is 1. The average molecular weight is 407 g/mol. The molecule has 0 unspecified atom stereocenters. The van der Waals surface area contributed by atoms with Gasteiger partial charge in [0.25, 0.3) is 0 Å². The first-order chi connectivity index (χ1) is 14.2. The van der Waals surface area contributed by atoms with Gasteiger partial charge in [-0.15, -0.1) is 11.3 Å². The van der Waals surface area contributed by atoms with Gasteiger partial charge in [0.05, 0.1) is 29.6 Å². The summed E-state index contributed by atoms with van der Waals surface area (Å²) in [5, 5.41) is 0. The van der Waals surface area contributed by atoms with Gasteiger partial charge in [-0.3, -0.25) is 14.0 Å². The van der Waals surface area contributed by atoms with E-state index in [1.807, 2.05) is 52.9 Å². The summed E-state index contributed by atoms with van der Waals surface area (Å²) in [5.41, 5.74) is 4.37. The molecule has 0 aliphatic rings. The van der Waals surface area contributed by atoms with Crippen molar-refractivity contribution in [2.24, 2.45) is 0 Å². The van der Waals surface area contributed by atoms with Crippen LogP contribution < -0.4 is 4.74 Å². The maximum Gasteiger partial charge on any atom is 0.306 e. The van der Waals surface area contributed by atoms with Gasteiger partial charge in [-0.1, -0.05) is 24.3 Å². The third-order valence-electron chi connectivity index (χ3n) is 4.95. The van der Waals surface area contributed by atoms with Crippen LogP contribution in [0.3, 0.4) is 0 Å². The SMILES string of the molecule is CCOC(=O)CCc1c(-c2ccc(OC)cc2)c(C=O)n2c1sc1ccccc12. The van der Waals surface area contributed by atoms with Crippen LogP contribution in [0.25, 0.3) is 26.2 Å². The van der Waals surface area contributed by atoms with E-state index in [9.17, 15) is 9.59 Å². The van der Waals surface area contributed by atoms with E-state index in [2.05, 4.69) is 0 Å². The molecule has 0 bridgehead atoms. The van der Waals surface area contributed by atoms with E-state index < -0.39 is 0 Å². The topological polar surface area (TPSA) is 57.0 Å². The van der Waals surface area contributed by atoms with Crippen molar-refractivity contribution in [2.75, 3.05) is 13.7 Å². The van der Waals surface area contributed by atoms with Crippen LogP contribution in [0.2, 0.25) is 0 Å². The van der Waals surface area contributed by atoms with Gasteiger partial charge in [-0.05, 0) is 48.7 Å². The second-order valence-corrected chi connectivity index (χ2v) is 7.63. The standard InChI is InChI=1S/C23H21NO4S/c1-3-28-21(26)13-12-17-22(15-8-10-16(27-2)11-9-15)19(14-25)24-18-6-4-5-7-20(18)29-23(17)24/h4-11,14H,3,12-13H2,1-2H3. The monoisotopic (exact) mass is 407 g/mol. The Morgan fingerprint density at radius 1 is 1.14 bits per heavy atom. The lowest BCUT2D eigenvalue weighted by atomic mass is 9.99. The zero-order valence-corrected chi connectivity index (χ0v) is 17.1. The van der Waals surface area contributed by atoms with Crippen LogP contribution in [-0.2, 0) is 16.0 Å². The minimum atomic E-state index is -0.235. The maximum atomic E-state index is 12.2. The Kier molecular flexibility index (Phi) is 5.36. The van der Waals surface area contributed by atoms with Crippen molar-refractivity contribution in [1.82, 2.24) is 4.40 Å². The molecule has 4 aromatic rings. The Morgan fingerprint density at radius 2 is 1.90 bits per heavy atom. The normalized spacial score (nSPS) is 11.1. The molecule has 148 valence electrons. The molecule has 0 saturated carbocycles. The third-order valence-corrected chi connectivity index (χ3v) is 6.14. The first-order valence-corrected chi connectivity index (χ1v) is 10.3. The Labute approximate surface area is 172 Å². The molecule has 0 atom stereocenters. The molecule has 0 N–H and O–H groups in total. The van der Waals surface area contributed by atoms with E-state index in [0.717, 1.165) is 43.8 Å². The quantitative estimate of drug-likeness (QED) is 0.314. The Bertz CT molecular complexity index is 1190. The van der Waals surface area contributed by atoms with E-state index in [1.54, 1.807) is 25.4 Å². The third kappa shape index (κ3) is 3.40. The van der Waals surface area contributed by atoms with E-state index in [0.29, 0.717) is 18.7 Å². The molecule has 2 heterocycles. The van der Waals surface area contributed by atoms with Crippen LogP contribution in [0, 0.1) is 0 Å². The zero-order valence-electron chi connectivity index (χ0n) is 16.3. The largest absolute Gasteiger partial charge is 0.497 e. The molecular formula is C23H21NO4S. The van der Waals surface area contributed by atoms with Gasteiger partial charge in [0.1, 0.15) is 10.6 Å². The summed E-state index contributed by atoms with van der Waals surface area (Å²) in [4.78, 5) is 25.2. The van der Waals surface area contributed by atoms with Gasteiger partial charge in [0.2, 0.25) is 0 Å². The van der Waals surface area contributed by atoms with Gasteiger partial charge >= 0.3 is 5.97 Å². The number of rotatable bonds is 7. The zero-order chi connectivity index (χ0) is 20.4. The average Bonchev–Trinajstić information content (AvgIpc) is 3.26. The van der Waals surface area contributed by atoms with E-state index in [4.69, 9.17) is 9.47 Å². The number of esters is 1. The summed E-state index contributed by atoms with van der Waals surface area (Å²) >= 11 is 1.63. The molecule has 5 nitrogen and oxygen atoms in total. The van der Waals surface area contributed by atoms with Crippen molar-refractivity contribution in [1.29, 1.82) is 0 Å². The molecule has 2 aromatic heterocycles. The van der Waals surface area contributed by atoms with Crippen LogP contribution in [0.5, 0.6) is 5.75 Å². The summed E-state index contributed by atoms with van der Waals surface area (Å²) in [7, 11) is 1.62. The highest BCUT2D eigenvalue weighted by Gasteiger charge is 2.23. The van der Waals surface area contributed by atoms with Crippen LogP contribution in [0.1, 0.15) is 29.4 Å². The minimum Gasteiger partial charge on any atom is -0.497 e. The molecule has 0 saturated heterocycles. The lowest BCUT2D eigenvalue weighted by Crippen LogP contribution is -2.05. The number of benzene rings is 2. The molecular weight excluding hydrogens is 386 g/mol. The Morgan fingerprint density at radius 3 is 2.59 bits per heavy atom. The molecule has 2 aromatic carbocycles. The first-order valence-electron chi connectivity index (χ1n) is 9.48. The highest BCUT2D eigenvalue weighted by molar-refractivity contribution is 7.24. The van der Waals surface area contributed by atoms with Crippen molar-refractivity contribution in [3.8, 4) is 16.9 Å². The smallest absolute Gasteiger partial charge is 0.306 e. The fourth-order valence-electron chi connectivity index (χ4n) is 3.68. The second kappa shape index (κ2) is 8.09. The second-order valence-electron chi connectivity index (χ2n) is 6.60. The highest BCUT2D eigenvalue weighted by atomic mass is 32.1. The number of aryl methyl sites for hydroxylation is 1. The van der Waals surface area contributed by atoms with Crippen LogP contribution >= 0.6 is 11.3 Å². The molecule has 0 amide bonds. The van der Waals surface area contributed by atoms with E-state index in [-0.39, 0.29) is 12.4 Å². The maximum absolute atomic E-state index is 12.2. The lowest BCUT2D eigenvalue weighted by Gasteiger charge is -2.08. The number of thiazole rings is 1. The summed E-state index contributed by atoms with van der Waals surface area (Å²) in [5.74, 6) is 0.516. The molecule has 0 aliphatic heterocycles. The number of methoxy groups -OCH3 is 1. The predicted octanol–water partition coefficient (Wildman–Crippen LogP) is 5.14. The number of para-hydroxylation sites is 1. The summed E-state index contributed by atoms with van der Waals surface area (Å²) < 4.78 is 13.5. The summed E-state index contributed by atoms with van der Waals surface area (Å²) in [6, 6.07) is 15.7. The number of hydrogen-bond donors (Lipinski definition) is 0. The van der Waals surface area contributed by atoms with Gasteiger partial charge in [0.15, 0.2) is 6.29 Å². The van der Waals surface area contributed by atoms with Crippen molar-refractivity contribution in [3.05, 3.63) is 59.8 Å². The van der Waals surface area contributed by atoms with E-state index >= 15 is 0 Å². The molecule has 29 heavy (non-hydrogen) atoms. The number of carbonyl (C=O) groups is 2. The van der Waals surface area contributed by atoms with Crippen molar-refractivity contribution < 1.29 is 19.1 Å². The number of hydrogen-bond acceptors (Lipinski definition) is 5. The minimum absolute atomic E-state index is 0.235. The fourth-order valence-corrected chi connectivity index (χ4v) is 4.91. The Balaban J connectivity index is 1.94. The molecule has 0 aliphatic carbocycles. The lowest BCUT2D eigenvalue weighted by molar-refractivity contribution is -0.143. The van der Waals surface area contributed by atoms with Crippen LogP contribution in [0.4, 0.5) is 0 Å².